The number of rotatable bonds is 5. The van der Waals surface area contributed by atoms with E-state index < -0.39 is 0 Å². The van der Waals surface area contributed by atoms with Gasteiger partial charge in [0.2, 0.25) is 6.41 Å². The number of ether oxygens (including phenoxy) is 1. The topological polar surface area (TPSA) is 54.5 Å². The first-order valence-corrected chi connectivity index (χ1v) is 8.14. The number of pyridine rings is 1. The average molecular weight is 313 g/mol. The van der Waals surface area contributed by atoms with Crippen molar-refractivity contribution in [2.24, 2.45) is 0 Å². The highest BCUT2D eigenvalue weighted by molar-refractivity contribution is 5.83. The second kappa shape index (κ2) is 7.42. The lowest BCUT2D eigenvalue weighted by atomic mass is 10.1. The molecule has 3 rings (SSSR count). The molecule has 2 aromatic rings. The number of nitrogens with zero attached hydrogens (tertiary/aromatic N) is 2. The van der Waals surface area contributed by atoms with Gasteiger partial charge in [-0.1, -0.05) is 0 Å². The molecule has 1 saturated heterocycles. The third kappa shape index (κ3) is 3.79. The first-order chi connectivity index (χ1) is 11.3. The molecule has 1 atom stereocenters. The lowest BCUT2D eigenvalue weighted by Crippen LogP contribution is -2.30. The molecule has 1 unspecified atom stereocenters. The molecule has 1 N–H and O–H groups in total. The zero-order valence-electron chi connectivity index (χ0n) is 13.5. The monoisotopic (exact) mass is 313 g/mol. The van der Waals surface area contributed by atoms with Crippen molar-refractivity contribution in [3.05, 3.63) is 36.0 Å². The summed E-state index contributed by atoms with van der Waals surface area (Å²) in [6, 6.07) is 8.48. The quantitative estimate of drug-likeness (QED) is 0.861. The number of likely N-dealkylation sites (tertiary alicyclic amines) is 1. The van der Waals surface area contributed by atoms with E-state index in [1.165, 1.54) is 5.56 Å². The average Bonchev–Trinajstić information content (AvgIpc) is 2.84. The lowest BCUT2D eigenvalue weighted by Gasteiger charge is -2.17. The van der Waals surface area contributed by atoms with Crippen molar-refractivity contribution in [3.8, 4) is 5.75 Å². The van der Waals surface area contributed by atoms with Crippen LogP contribution in [0.5, 0.6) is 5.75 Å². The van der Waals surface area contributed by atoms with Crippen LogP contribution in [-0.2, 0) is 11.3 Å². The van der Waals surface area contributed by atoms with Gasteiger partial charge in [0, 0.05) is 37.3 Å². The maximum absolute atomic E-state index is 10.9. The molecule has 0 saturated carbocycles. The Hall–Kier alpha value is -2.14. The van der Waals surface area contributed by atoms with Gasteiger partial charge in [0.1, 0.15) is 5.75 Å². The van der Waals surface area contributed by atoms with Gasteiger partial charge in [0.15, 0.2) is 0 Å². The zero-order valence-corrected chi connectivity index (χ0v) is 13.5. The number of fused-ring (bicyclic) bond motifs is 1. The van der Waals surface area contributed by atoms with Crippen LogP contribution in [-0.4, -0.2) is 42.5 Å². The molecule has 1 aromatic heterocycles. The summed E-state index contributed by atoms with van der Waals surface area (Å²) in [5, 5.41) is 4.77. The molecule has 2 heterocycles. The van der Waals surface area contributed by atoms with E-state index in [0.29, 0.717) is 6.04 Å². The van der Waals surface area contributed by atoms with E-state index in [-0.39, 0.29) is 0 Å². The highest BCUT2D eigenvalue weighted by Crippen LogP contribution is 2.22. The third-order valence-corrected chi connectivity index (χ3v) is 4.53. The van der Waals surface area contributed by atoms with Crippen LogP contribution in [0.1, 0.15) is 24.8 Å². The number of carbonyl (C=O) groups is 1. The Bertz CT molecular complexity index is 674. The Morgan fingerprint density at radius 2 is 2.26 bits per heavy atom. The molecule has 0 aliphatic carbocycles. The number of hydrogen-bond donors (Lipinski definition) is 1. The summed E-state index contributed by atoms with van der Waals surface area (Å²) in [6.07, 6.45) is 5.99. The third-order valence-electron chi connectivity index (χ3n) is 4.53. The van der Waals surface area contributed by atoms with Gasteiger partial charge < -0.3 is 15.0 Å². The normalized spacial score (nSPS) is 18.7. The Labute approximate surface area is 136 Å². The Balaban J connectivity index is 1.70. The van der Waals surface area contributed by atoms with Gasteiger partial charge >= 0.3 is 0 Å². The van der Waals surface area contributed by atoms with Crippen LogP contribution in [0.3, 0.4) is 0 Å². The molecule has 122 valence electrons. The van der Waals surface area contributed by atoms with Crippen LogP contribution in [0, 0.1) is 0 Å². The zero-order chi connectivity index (χ0) is 16.1. The molecule has 1 aliphatic rings. The Morgan fingerprint density at radius 3 is 3.09 bits per heavy atom. The lowest BCUT2D eigenvalue weighted by molar-refractivity contribution is -0.118. The van der Waals surface area contributed by atoms with E-state index in [1.54, 1.807) is 7.11 Å². The molecule has 1 amide bonds. The van der Waals surface area contributed by atoms with E-state index in [9.17, 15) is 4.79 Å². The fourth-order valence-electron chi connectivity index (χ4n) is 3.15. The second-order valence-corrected chi connectivity index (χ2v) is 6.00. The summed E-state index contributed by atoms with van der Waals surface area (Å²) in [5.41, 5.74) is 2.21. The summed E-state index contributed by atoms with van der Waals surface area (Å²) >= 11 is 0. The predicted molar refractivity (Wildman–Crippen MR) is 90.4 cm³/mol. The molecule has 0 radical (unpaired) electrons. The Morgan fingerprint density at radius 1 is 1.35 bits per heavy atom. The van der Waals surface area contributed by atoms with Crippen molar-refractivity contribution in [3.63, 3.8) is 0 Å². The van der Waals surface area contributed by atoms with Gasteiger partial charge in [0.05, 0.1) is 12.6 Å². The van der Waals surface area contributed by atoms with Crippen molar-refractivity contribution < 1.29 is 9.53 Å². The molecule has 1 aliphatic heterocycles. The summed E-state index contributed by atoms with van der Waals surface area (Å²) in [4.78, 5) is 17.2. The van der Waals surface area contributed by atoms with Crippen LogP contribution in [0.4, 0.5) is 0 Å². The van der Waals surface area contributed by atoms with Gasteiger partial charge in [-0.25, -0.2) is 0 Å². The van der Waals surface area contributed by atoms with Crippen molar-refractivity contribution >= 4 is 17.3 Å². The first kappa shape index (κ1) is 15.7. The van der Waals surface area contributed by atoms with Gasteiger partial charge in [-0.3, -0.25) is 9.78 Å². The highest BCUT2D eigenvalue weighted by atomic mass is 16.5. The molecular weight excluding hydrogens is 290 g/mol. The maximum Gasteiger partial charge on any atom is 0.209 e. The van der Waals surface area contributed by atoms with Crippen molar-refractivity contribution in [1.82, 2.24) is 15.2 Å². The fourth-order valence-corrected chi connectivity index (χ4v) is 3.15. The maximum atomic E-state index is 10.9. The molecule has 0 bridgehead atoms. The number of carbonyl (C=O) groups excluding carboxylic acids is 1. The minimum Gasteiger partial charge on any atom is -0.497 e. The molecule has 5 heteroatoms. The summed E-state index contributed by atoms with van der Waals surface area (Å²) in [6.45, 7) is 2.51. The molecule has 23 heavy (non-hydrogen) atoms. The van der Waals surface area contributed by atoms with Crippen molar-refractivity contribution in [2.45, 2.75) is 31.8 Å². The van der Waals surface area contributed by atoms with Gasteiger partial charge in [-0.2, -0.15) is 0 Å². The number of benzene rings is 1. The van der Waals surface area contributed by atoms with Crippen LogP contribution in [0.2, 0.25) is 0 Å². The van der Waals surface area contributed by atoms with E-state index in [2.05, 4.69) is 16.4 Å². The van der Waals surface area contributed by atoms with Crippen LogP contribution in [0.25, 0.3) is 10.9 Å². The summed E-state index contributed by atoms with van der Waals surface area (Å²) < 4.78 is 5.33. The highest BCUT2D eigenvalue weighted by Gasteiger charge is 2.15. The SMILES string of the molecule is COc1ccc2nccc(CNC3CCCN(C=O)CC3)c2c1. The summed E-state index contributed by atoms with van der Waals surface area (Å²) in [5.74, 6) is 0.850. The van der Waals surface area contributed by atoms with Crippen molar-refractivity contribution in [1.29, 1.82) is 0 Å². The Kier molecular flexibility index (Phi) is 5.08. The molecule has 5 nitrogen and oxygen atoms in total. The van der Waals surface area contributed by atoms with Crippen LogP contribution < -0.4 is 10.1 Å². The van der Waals surface area contributed by atoms with E-state index in [1.807, 2.05) is 29.3 Å². The smallest absolute Gasteiger partial charge is 0.209 e. The van der Waals surface area contributed by atoms with E-state index in [4.69, 9.17) is 4.74 Å². The predicted octanol–water partition coefficient (Wildman–Crippen LogP) is 2.34. The van der Waals surface area contributed by atoms with Crippen LogP contribution in [0.15, 0.2) is 30.5 Å². The number of methoxy groups -OCH3 is 1. The number of aromatic nitrogens is 1. The van der Waals surface area contributed by atoms with Gasteiger partial charge in [-0.05, 0) is 49.1 Å². The number of hydrogen-bond acceptors (Lipinski definition) is 4. The number of nitrogens with one attached hydrogen (secondary N) is 1. The van der Waals surface area contributed by atoms with Gasteiger partial charge in [-0.15, -0.1) is 0 Å². The summed E-state index contributed by atoms with van der Waals surface area (Å²) in [7, 11) is 1.68. The number of amides is 1. The standard InChI is InChI=1S/C18H23N3O2/c1-23-16-4-5-18-17(11-16)14(6-8-19-18)12-20-15-3-2-9-21(13-22)10-7-15/h4-6,8,11,13,15,20H,2-3,7,9-10,12H2,1H3. The first-order valence-electron chi connectivity index (χ1n) is 8.14. The van der Waals surface area contributed by atoms with E-state index in [0.717, 1.165) is 62.0 Å². The van der Waals surface area contributed by atoms with Gasteiger partial charge in [0.25, 0.3) is 0 Å². The molecule has 1 fully saturated rings. The minimum absolute atomic E-state index is 0.453. The second-order valence-electron chi connectivity index (χ2n) is 6.00. The molecule has 1 aromatic carbocycles. The van der Waals surface area contributed by atoms with Crippen LogP contribution >= 0.6 is 0 Å². The fraction of sp³-hybridized carbons (Fsp3) is 0.444. The molecule has 0 spiro atoms. The molecular formula is C18H23N3O2. The van der Waals surface area contributed by atoms with E-state index >= 15 is 0 Å². The minimum atomic E-state index is 0.453. The van der Waals surface area contributed by atoms with Crippen molar-refractivity contribution in [2.75, 3.05) is 20.2 Å². The largest absolute Gasteiger partial charge is 0.497 e.